The molecule has 0 atom stereocenters. The molecule has 0 aliphatic heterocycles. The van der Waals surface area contributed by atoms with Crippen LogP contribution < -0.4 is 5.73 Å². The molecule has 0 fully saturated rings. The second-order valence-electron chi connectivity index (χ2n) is 4.34. The standard InChI is InChI=1S/C13H12ClN5/c1-7-11(9-4-3-5-10(14)6-9)12(15)19-13(16-7)17-8(2)18-19/h3-6H,15H2,1-2H3. The number of fused-ring (bicyclic) bond motifs is 1. The Bertz CT molecular complexity index is 778. The van der Waals surface area contributed by atoms with Crippen molar-refractivity contribution in [1.82, 2.24) is 19.6 Å². The van der Waals surface area contributed by atoms with Gasteiger partial charge >= 0.3 is 0 Å². The third-order valence-corrected chi connectivity index (χ3v) is 3.16. The van der Waals surface area contributed by atoms with Crippen LogP contribution in [0.5, 0.6) is 0 Å². The molecular formula is C13H12ClN5. The van der Waals surface area contributed by atoms with Gasteiger partial charge in [-0.1, -0.05) is 23.7 Å². The summed E-state index contributed by atoms with van der Waals surface area (Å²) in [7, 11) is 0. The fraction of sp³-hybridized carbons (Fsp3) is 0.154. The zero-order chi connectivity index (χ0) is 13.6. The van der Waals surface area contributed by atoms with Crippen molar-refractivity contribution in [3.63, 3.8) is 0 Å². The number of rotatable bonds is 1. The minimum absolute atomic E-state index is 0.512. The van der Waals surface area contributed by atoms with Crippen LogP contribution >= 0.6 is 11.6 Å². The summed E-state index contributed by atoms with van der Waals surface area (Å²) in [6, 6.07) is 7.51. The van der Waals surface area contributed by atoms with Gasteiger partial charge in [0.2, 0.25) is 0 Å². The maximum absolute atomic E-state index is 6.19. The Morgan fingerprint density at radius 1 is 1.21 bits per heavy atom. The SMILES string of the molecule is Cc1nc2nc(C)c(-c3cccc(Cl)c3)c(N)n2n1. The average molecular weight is 274 g/mol. The van der Waals surface area contributed by atoms with Gasteiger partial charge in [-0.2, -0.15) is 9.50 Å². The summed E-state index contributed by atoms with van der Waals surface area (Å²) >= 11 is 6.03. The number of hydrogen-bond donors (Lipinski definition) is 1. The molecule has 0 bridgehead atoms. The highest BCUT2D eigenvalue weighted by Crippen LogP contribution is 2.30. The van der Waals surface area contributed by atoms with Gasteiger partial charge in [0.25, 0.3) is 5.78 Å². The first-order valence-corrected chi connectivity index (χ1v) is 6.19. The van der Waals surface area contributed by atoms with Crippen molar-refractivity contribution in [2.24, 2.45) is 0 Å². The lowest BCUT2D eigenvalue weighted by Gasteiger charge is -2.10. The van der Waals surface area contributed by atoms with Gasteiger partial charge in [-0.15, -0.1) is 5.10 Å². The highest BCUT2D eigenvalue weighted by molar-refractivity contribution is 6.30. The maximum Gasteiger partial charge on any atom is 0.254 e. The Labute approximate surface area is 115 Å². The van der Waals surface area contributed by atoms with Gasteiger partial charge in [-0.3, -0.25) is 0 Å². The van der Waals surface area contributed by atoms with Gasteiger partial charge in [-0.25, -0.2) is 4.98 Å². The Morgan fingerprint density at radius 3 is 2.74 bits per heavy atom. The lowest BCUT2D eigenvalue weighted by Crippen LogP contribution is -2.05. The highest BCUT2D eigenvalue weighted by Gasteiger charge is 2.14. The number of halogens is 1. The zero-order valence-corrected chi connectivity index (χ0v) is 11.3. The predicted molar refractivity (Wildman–Crippen MR) is 75.1 cm³/mol. The van der Waals surface area contributed by atoms with Crippen LogP contribution in [0.1, 0.15) is 11.5 Å². The van der Waals surface area contributed by atoms with Gasteiger partial charge < -0.3 is 5.73 Å². The largest absolute Gasteiger partial charge is 0.383 e. The molecule has 19 heavy (non-hydrogen) atoms. The quantitative estimate of drug-likeness (QED) is 0.740. The number of benzene rings is 1. The molecule has 0 aliphatic carbocycles. The number of nitrogens with zero attached hydrogens (tertiary/aromatic N) is 4. The van der Waals surface area contributed by atoms with E-state index in [2.05, 4.69) is 15.1 Å². The van der Waals surface area contributed by atoms with Gasteiger partial charge in [0.15, 0.2) is 0 Å². The number of aromatic nitrogens is 4. The van der Waals surface area contributed by atoms with Crippen molar-refractivity contribution in [3.05, 3.63) is 40.8 Å². The Hall–Kier alpha value is -2.14. The number of nitrogen functional groups attached to an aromatic ring is 1. The van der Waals surface area contributed by atoms with E-state index in [0.717, 1.165) is 16.8 Å². The van der Waals surface area contributed by atoms with Gasteiger partial charge in [0.1, 0.15) is 11.6 Å². The lowest BCUT2D eigenvalue weighted by molar-refractivity contribution is 0.923. The van der Waals surface area contributed by atoms with Crippen LogP contribution in [0.15, 0.2) is 24.3 Å². The molecule has 3 rings (SSSR count). The molecule has 1 aromatic carbocycles. The monoisotopic (exact) mass is 273 g/mol. The summed E-state index contributed by atoms with van der Waals surface area (Å²) in [5.74, 6) is 1.67. The Balaban J connectivity index is 2.34. The third-order valence-electron chi connectivity index (χ3n) is 2.92. The average Bonchev–Trinajstić information content (AvgIpc) is 2.70. The molecule has 0 aliphatic rings. The van der Waals surface area contributed by atoms with Crippen LogP contribution in [0.3, 0.4) is 0 Å². The molecule has 0 saturated heterocycles. The summed E-state index contributed by atoms with van der Waals surface area (Å²) in [6.07, 6.45) is 0. The van der Waals surface area contributed by atoms with Crippen molar-refractivity contribution < 1.29 is 0 Å². The minimum Gasteiger partial charge on any atom is -0.383 e. The molecule has 0 saturated carbocycles. The second-order valence-corrected chi connectivity index (χ2v) is 4.78. The van der Waals surface area contributed by atoms with Crippen molar-refractivity contribution in [3.8, 4) is 11.1 Å². The molecular weight excluding hydrogens is 262 g/mol. The summed E-state index contributed by atoms with van der Waals surface area (Å²) in [5, 5.41) is 4.91. The molecule has 0 radical (unpaired) electrons. The highest BCUT2D eigenvalue weighted by atomic mass is 35.5. The first kappa shape index (κ1) is 11.9. The fourth-order valence-electron chi connectivity index (χ4n) is 2.14. The van der Waals surface area contributed by atoms with Gasteiger partial charge in [0, 0.05) is 10.6 Å². The summed E-state index contributed by atoms with van der Waals surface area (Å²) in [6.45, 7) is 3.71. The van der Waals surface area contributed by atoms with Crippen molar-refractivity contribution >= 4 is 23.2 Å². The summed E-state index contributed by atoms with van der Waals surface area (Å²) < 4.78 is 1.55. The normalized spacial score (nSPS) is 11.1. The van der Waals surface area contributed by atoms with E-state index < -0.39 is 0 Å². The topological polar surface area (TPSA) is 69.1 Å². The Morgan fingerprint density at radius 2 is 2.00 bits per heavy atom. The second kappa shape index (κ2) is 4.20. The van der Waals surface area contributed by atoms with Crippen molar-refractivity contribution in [2.45, 2.75) is 13.8 Å². The molecule has 0 unspecified atom stereocenters. The van der Waals surface area contributed by atoms with E-state index in [1.807, 2.05) is 38.1 Å². The van der Waals surface area contributed by atoms with Crippen LogP contribution in [-0.2, 0) is 0 Å². The van der Waals surface area contributed by atoms with Gasteiger partial charge in [0.05, 0.1) is 5.69 Å². The Kier molecular flexibility index (Phi) is 2.64. The first-order valence-electron chi connectivity index (χ1n) is 5.81. The number of nitrogens with two attached hydrogens (primary N) is 1. The predicted octanol–water partition coefficient (Wildman–Crippen LogP) is 2.64. The zero-order valence-electron chi connectivity index (χ0n) is 10.6. The molecule has 3 aromatic rings. The number of anilines is 1. The van der Waals surface area contributed by atoms with Gasteiger partial charge in [-0.05, 0) is 31.5 Å². The van der Waals surface area contributed by atoms with E-state index in [1.165, 1.54) is 0 Å². The third kappa shape index (κ3) is 1.92. The van der Waals surface area contributed by atoms with Crippen LogP contribution in [0, 0.1) is 13.8 Å². The molecule has 0 spiro atoms. The van der Waals surface area contributed by atoms with E-state index in [4.69, 9.17) is 17.3 Å². The smallest absolute Gasteiger partial charge is 0.254 e. The van der Waals surface area contributed by atoms with Crippen molar-refractivity contribution in [1.29, 1.82) is 0 Å². The molecule has 2 heterocycles. The molecule has 2 N–H and O–H groups in total. The molecule has 96 valence electrons. The number of aryl methyl sites for hydroxylation is 2. The maximum atomic E-state index is 6.19. The summed E-state index contributed by atoms with van der Waals surface area (Å²) in [5.41, 5.74) is 8.75. The molecule has 0 amide bonds. The molecule has 6 heteroatoms. The van der Waals surface area contributed by atoms with Crippen molar-refractivity contribution in [2.75, 3.05) is 5.73 Å². The van der Waals surface area contributed by atoms with Crippen LogP contribution in [0.2, 0.25) is 5.02 Å². The lowest BCUT2D eigenvalue weighted by atomic mass is 10.1. The van der Waals surface area contributed by atoms with Crippen LogP contribution in [0.4, 0.5) is 5.82 Å². The first-order chi connectivity index (χ1) is 9.06. The molecule has 5 nitrogen and oxygen atoms in total. The van der Waals surface area contributed by atoms with E-state index in [-0.39, 0.29) is 0 Å². The van der Waals surface area contributed by atoms with E-state index >= 15 is 0 Å². The summed E-state index contributed by atoms with van der Waals surface area (Å²) in [4.78, 5) is 8.65. The van der Waals surface area contributed by atoms with Crippen LogP contribution in [-0.4, -0.2) is 19.6 Å². The minimum atomic E-state index is 0.512. The fourth-order valence-corrected chi connectivity index (χ4v) is 2.33. The number of hydrogen-bond acceptors (Lipinski definition) is 4. The molecule has 2 aromatic heterocycles. The van der Waals surface area contributed by atoms with E-state index in [0.29, 0.717) is 22.4 Å². The van der Waals surface area contributed by atoms with E-state index in [1.54, 1.807) is 4.52 Å². The van der Waals surface area contributed by atoms with E-state index in [9.17, 15) is 0 Å². The van der Waals surface area contributed by atoms with Crippen LogP contribution in [0.25, 0.3) is 16.9 Å².